The Kier molecular flexibility index (Phi) is 5.79. The summed E-state index contributed by atoms with van der Waals surface area (Å²) in [6, 6.07) is 9.80. The zero-order chi connectivity index (χ0) is 12.5. The van der Waals surface area contributed by atoms with Crippen LogP contribution in [-0.4, -0.2) is 24.9 Å². The van der Waals surface area contributed by atoms with E-state index in [1.54, 1.807) is 0 Å². The van der Waals surface area contributed by atoms with Crippen LogP contribution in [0.4, 0.5) is 0 Å². The van der Waals surface area contributed by atoms with Crippen LogP contribution in [0.15, 0.2) is 30.3 Å². The molecule has 92 valence electrons. The van der Waals surface area contributed by atoms with Crippen LogP contribution in [0.1, 0.15) is 18.9 Å². The molecule has 4 nitrogen and oxygen atoms in total. The fraction of sp³-hybridized carbons (Fsp3) is 0.385. The number of carbonyl (C=O) groups excluding carboxylic acids is 2. The lowest BCUT2D eigenvalue weighted by atomic mass is 10.1. The molecule has 1 aromatic carbocycles. The highest BCUT2D eigenvalue weighted by Gasteiger charge is 2.04. The first-order valence-electron chi connectivity index (χ1n) is 5.79. The molecule has 0 heterocycles. The minimum atomic E-state index is -0.152. The number of carbonyl (C=O) groups is 2. The second-order valence-electron chi connectivity index (χ2n) is 3.72. The molecule has 2 N–H and O–H groups in total. The molecule has 4 heteroatoms. The molecule has 0 aromatic heterocycles. The Morgan fingerprint density at radius 2 is 1.76 bits per heavy atom. The number of benzene rings is 1. The largest absolute Gasteiger partial charge is 0.355 e. The van der Waals surface area contributed by atoms with Gasteiger partial charge in [-0.05, 0) is 18.9 Å². The molecule has 0 bridgehead atoms. The summed E-state index contributed by atoms with van der Waals surface area (Å²) in [4.78, 5) is 22.5. The average Bonchev–Trinajstić information content (AvgIpc) is 2.35. The normalized spacial score (nSPS) is 9.71. The highest BCUT2D eigenvalue weighted by Crippen LogP contribution is 2.01. The number of aryl methyl sites for hydroxylation is 1. The molecule has 17 heavy (non-hydrogen) atoms. The van der Waals surface area contributed by atoms with Gasteiger partial charge in [-0.15, -0.1) is 0 Å². The van der Waals surface area contributed by atoms with Gasteiger partial charge < -0.3 is 10.6 Å². The van der Waals surface area contributed by atoms with Gasteiger partial charge in [0.1, 0.15) is 0 Å². The molecule has 0 radical (unpaired) electrons. The molecule has 1 rings (SSSR count). The summed E-state index contributed by atoms with van der Waals surface area (Å²) in [6.45, 7) is 2.48. The van der Waals surface area contributed by atoms with E-state index in [2.05, 4.69) is 10.6 Å². The second-order valence-corrected chi connectivity index (χ2v) is 3.72. The van der Waals surface area contributed by atoms with Crippen molar-refractivity contribution in [3.8, 4) is 0 Å². The highest BCUT2D eigenvalue weighted by molar-refractivity contribution is 5.84. The minimum absolute atomic E-state index is 0.0570. The first-order valence-corrected chi connectivity index (χ1v) is 5.79. The van der Waals surface area contributed by atoms with Crippen LogP contribution < -0.4 is 10.6 Å². The number of rotatable bonds is 6. The maximum Gasteiger partial charge on any atom is 0.239 e. The maximum absolute atomic E-state index is 11.4. The Morgan fingerprint density at radius 1 is 1.06 bits per heavy atom. The standard InChI is InChI=1S/C13H18N2O2/c1-2-14-13(17)10-15-12(16)9-8-11-6-4-3-5-7-11/h3-7H,2,8-10H2,1H3,(H,14,17)(H,15,16). The van der Waals surface area contributed by atoms with Gasteiger partial charge in [0.05, 0.1) is 6.54 Å². The van der Waals surface area contributed by atoms with E-state index >= 15 is 0 Å². The summed E-state index contributed by atoms with van der Waals surface area (Å²) in [5, 5.41) is 5.21. The van der Waals surface area contributed by atoms with Crippen LogP contribution in [0.2, 0.25) is 0 Å². The Hall–Kier alpha value is -1.84. The third-order valence-electron chi connectivity index (χ3n) is 2.30. The van der Waals surface area contributed by atoms with Crippen LogP contribution >= 0.6 is 0 Å². The summed E-state index contributed by atoms with van der Waals surface area (Å²) in [7, 11) is 0. The van der Waals surface area contributed by atoms with E-state index in [0.29, 0.717) is 19.4 Å². The quantitative estimate of drug-likeness (QED) is 0.767. The van der Waals surface area contributed by atoms with Crippen LogP contribution in [-0.2, 0) is 16.0 Å². The van der Waals surface area contributed by atoms with E-state index in [0.717, 1.165) is 5.56 Å². The third kappa shape index (κ3) is 5.70. The van der Waals surface area contributed by atoms with Crippen molar-refractivity contribution in [2.45, 2.75) is 19.8 Å². The van der Waals surface area contributed by atoms with Gasteiger partial charge in [0.15, 0.2) is 0 Å². The summed E-state index contributed by atoms with van der Waals surface area (Å²) >= 11 is 0. The van der Waals surface area contributed by atoms with Gasteiger partial charge in [-0.25, -0.2) is 0 Å². The first kappa shape index (κ1) is 13.2. The Morgan fingerprint density at radius 3 is 2.41 bits per heavy atom. The molecule has 0 spiro atoms. The predicted molar refractivity (Wildman–Crippen MR) is 66.5 cm³/mol. The predicted octanol–water partition coefficient (Wildman–Crippen LogP) is 0.871. The van der Waals surface area contributed by atoms with Crippen LogP contribution in [0.3, 0.4) is 0 Å². The molecule has 0 unspecified atom stereocenters. The van der Waals surface area contributed by atoms with Crippen molar-refractivity contribution in [1.82, 2.24) is 10.6 Å². The fourth-order valence-corrected chi connectivity index (χ4v) is 1.43. The number of likely N-dealkylation sites (N-methyl/N-ethyl adjacent to an activating group) is 1. The van der Waals surface area contributed by atoms with Gasteiger partial charge >= 0.3 is 0 Å². The van der Waals surface area contributed by atoms with Crippen molar-refractivity contribution >= 4 is 11.8 Å². The fourth-order valence-electron chi connectivity index (χ4n) is 1.43. The van der Waals surface area contributed by atoms with E-state index in [1.165, 1.54) is 0 Å². The molecule has 0 aliphatic heterocycles. The number of amides is 2. The van der Waals surface area contributed by atoms with Crippen molar-refractivity contribution in [2.75, 3.05) is 13.1 Å². The van der Waals surface area contributed by atoms with Gasteiger partial charge in [-0.1, -0.05) is 30.3 Å². The molecule has 0 fully saturated rings. The van der Waals surface area contributed by atoms with E-state index < -0.39 is 0 Å². The molecule has 0 atom stereocenters. The van der Waals surface area contributed by atoms with Crippen LogP contribution in [0.5, 0.6) is 0 Å². The van der Waals surface area contributed by atoms with E-state index in [1.807, 2.05) is 37.3 Å². The van der Waals surface area contributed by atoms with Gasteiger partial charge in [-0.2, -0.15) is 0 Å². The number of nitrogens with one attached hydrogen (secondary N) is 2. The van der Waals surface area contributed by atoms with E-state index in [-0.39, 0.29) is 18.4 Å². The molecule has 2 amide bonds. The SMILES string of the molecule is CCNC(=O)CNC(=O)CCc1ccccc1. The van der Waals surface area contributed by atoms with Gasteiger partial charge in [0.25, 0.3) is 0 Å². The van der Waals surface area contributed by atoms with Crippen molar-refractivity contribution in [3.05, 3.63) is 35.9 Å². The van der Waals surface area contributed by atoms with Crippen LogP contribution in [0, 0.1) is 0 Å². The van der Waals surface area contributed by atoms with E-state index in [9.17, 15) is 9.59 Å². The zero-order valence-corrected chi connectivity index (χ0v) is 10.0. The van der Waals surface area contributed by atoms with Crippen molar-refractivity contribution < 1.29 is 9.59 Å². The van der Waals surface area contributed by atoms with Crippen molar-refractivity contribution in [3.63, 3.8) is 0 Å². The molecular formula is C13H18N2O2. The summed E-state index contributed by atoms with van der Waals surface area (Å²) < 4.78 is 0. The third-order valence-corrected chi connectivity index (χ3v) is 2.30. The highest BCUT2D eigenvalue weighted by atomic mass is 16.2. The van der Waals surface area contributed by atoms with Gasteiger partial charge in [0.2, 0.25) is 11.8 Å². The summed E-state index contributed by atoms with van der Waals surface area (Å²) in [5.41, 5.74) is 1.13. The van der Waals surface area contributed by atoms with Crippen molar-refractivity contribution in [2.24, 2.45) is 0 Å². The molecular weight excluding hydrogens is 216 g/mol. The Labute approximate surface area is 101 Å². The molecule has 0 aliphatic rings. The zero-order valence-electron chi connectivity index (χ0n) is 10.0. The lowest BCUT2D eigenvalue weighted by molar-refractivity contribution is -0.126. The average molecular weight is 234 g/mol. The monoisotopic (exact) mass is 234 g/mol. The molecule has 0 saturated carbocycles. The lowest BCUT2D eigenvalue weighted by Gasteiger charge is -2.05. The lowest BCUT2D eigenvalue weighted by Crippen LogP contribution is -2.36. The molecule has 0 saturated heterocycles. The summed E-state index contributed by atoms with van der Waals surface area (Å²) in [6.07, 6.45) is 1.10. The maximum atomic E-state index is 11.4. The van der Waals surface area contributed by atoms with E-state index in [4.69, 9.17) is 0 Å². The number of hydrogen-bond donors (Lipinski definition) is 2. The molecule has 0 aliphatic carbocycles. The number of hydrogen-bond acceptors (Lipinski definition) is 2. The Bertz CT molecular complexity index is 363. The first-order chi connectivity index (χ1) is 8.22. The van der Waals surface area contributed by atoms with Crippen molar-refractivity contribution in [1.29, 1.82) is 0 Å². The topological polar surface area (TPSA) is 58.2 Å². The second kappa shape index (κ2) is 7.44. The summed E-state index contributed by atoms with van der Waals surface area (Å²) in [5.74, 6) is -0.249. The van der Waals surface area contributed by atoms with Gasteiger partial charge in [-0.3, -0.25) is 9.59 Å². The van der Waals surface area contributed by atoms with Gasteiger partial charge in [0, 0.05) is 13.0 Å². The van der Waals surface area contributed by atoms with Crippen LogP contribution in [0.25, 0.3) is 0 Å². The Balaban J connectivity index is 2.20. The smallest absolute Gasteiger partial charge is 0.239 e. The molecule has 1 aromatic rings. The minimum Gasteiger partial charge on any atom is -0.355 e.